The van der Waals surface area contributed by atoms with Crippen LogP contribution in [0.2, 0.25) is 0 Å². The number of methoxy groups -OCH3 is 1. The molecule has 0 fully saturated rings. The van der Waals surface area contributed by atoms with E-state index in [1.54, 1.807) is 13.8 Å². The second-order valence-corrected chi connectivity index (χ2v) is 3.75. The van der Waals surface area contributed by atoms with E-state index >= 15 is 0 Å². The number of carboxylic acid groups (broad SMARTS) is 1. The maximum Gasteiger partial charge on any atom is 0.339 e. The molecule has 1 aromatic rings. The highest BCUT2D eigenvalue weighted by atomic mass is 16.5. The lowest BCUT2D eigenvalue weighted by atomic mass is 9.94. The lowest BCUT2D eigenvalue weighted by Crippen LogP contribution is -2.07. The van der Waals surface area contributed by atoms with Crippen molar-refractivity contribution in [1.82, 2.24) is 0 Å². The van der Waals surface area contributed by atoms with Gasteiger partial charge in [0.2, 0.25) is 0 Å². The molecule has 0 aliphatic carbocycles. The molecule has 0 heterocycles. The molecule has 0 unspecified atom stereocenters. The van der Waals surface area contributed by atoms with Gasteiger partial charge in [-0.05, 0) is 25.5 Å². The summed E-state index contributed by atoms with van der Waals surface area (Å²) in [5.74, 6) is -0.880. The van der Waals surface area contributed by atoms with E-state index in [1.807, 2.05) is 0 Å². The van der Waals surface area contributed by atoms with Crippen molar-refractivity contribution in [2.75, 3.05) is 7.11 Å². The molecule has 0 spiro atoms. The Balaban J connectivity index is 3.72. The van der Waals surface area contributed by atoms with Crippen molar-refractivity contribution in [3.63, 3.8) is 0 Å². The van der Waals surface area contributed by atoms with Crippen LogP contribution in [0.4, 0.5) is 0 Å². The average molecular weight is 234 g/mol. The van der Waals surface area contributed by atoms with E-state index in [9.17, 15) is 9.59 Å². The number of rotatable bonds is 4. The third-order valence-corrected chi connectivity index (χ3v) is 2.58. The first-order valence-corrected chi connectivity index (χ1v) is 5.00. The molecule has 17 heavy (non-hydrogen) atoms. The number of hydrogen-bond donors (Lipinski definition) is 1. The zero-order valence-corrected chi connectivity index (χ0v) is 10.0. The number of allylic oxidation sites excluding steroid dienone is 1. The summed E-state index contributed by atoms with van der Waals surface area (Å²) in [7, 11) is 1.38. The van der Waals surface area contributed by atoms with E-state index in [-0.39, 0.29) is 11.3 Å². The van der Waals surface area contributed by atoms with Crippen LogP contribution in [0.25, 0.3) is 5.57 Å². The predicted molar refractivity (Wildman–Crippen MR) is 64.8 cm³/mol. The monoisotopic (exact) mass is 234 g/mol. The van der Waals surface area contributed by atoms with Crippen molar-refractivity contribution in [1.29, 1.82) is 0 Å². The van der Waals surface area contributed by atoms with Crippen LogP contribution >= 0.6 is 0 Å². The van der Waals surface area contributed by atoms with Gasteiger partial charge in [0, 0.05) is 11.1 Å². The average Bonchev–Trinajstić information content (AvgIpc) is 2.27. The molecule has 4 nitrogen and oxygen atoms in total. The molecule has 0 saturated heterocycles. The molecule has 0 radical (unpaired) electrons. The maximum atomic E-state index is 11.1. The molecule has 0 bridgehead atoms. The number of carboxylic acids is 1. The van der Waals surface area contributed by atoms with E-state index in [0.29, 0.717) is 28.5 Å². The standard InChI is InChI=1S/C13H14O4/c1-7(2)9-5-10(13(15)16)12(17-4)8(3)11(9)6-14/h5-6H,1H2,2-4H3,(H,15,16). The molecular weight excluding hydrogens is 220 g/mol. The normalized spacial score (nSPS) is 9.82. The Kier molecular flexibility index (Phi) is 3.68. The van der Waals surface area contributed by atoms with Gasteiger partial charge in [-0.25, -0.2) is 4.79 Å². The summed E-state index contributed by atoms with van der Waals surface area (Å²) < 4.78 is 5.05. The predicted octanol–water partition coefficient (Wildman–Crippen LogP) is 2.55. The highest BCUT2D eigenvalue weighted by Crippen LogP contribution is 2.31. The van der Waals surface area contributed by atoms with E-state index in [4.69, 9.17) is 9.84 Å². The van der Waals surface area contributed by atoms with Gasteiger partial charge < -0.3 is 9.84 Å². The zero-order chi connectivity index (χ0) is 13.2. The number of carbonyl (C=O) groups excluding carboxylic acids is 1. The van der Waals surface area contributed by atoms with Gasteiger partial charge in [0.25, 0.3) is 0 Å². The number of carbonyl (C=O) groups is 2. The molecule has 0 saturated carbocycles. The van der Waals surface area contributed by atoms with Crippen molar-refractivity contribution in [2.24, 2.45) is 0 Å². The zero-order valence-electron chi connectivity index (χ0n) is 10.0. The minimum Gasteiger partial charge on any atom is -0.496 e. The van der Waals surface area contributed by atoms with Gasteiger partial charge >= 0.3 is 5.97 Å². The molecule has 0 aliphatic heterocycles. The number of aromatic carboxylic acids is 1. The summed E-state index contributed by atoms with van der Waals surface area (Å²) in [6, 6.07) is 1.42. The van der Waals surface area contributed by atoms with Crippen molar-refractivity contribution in [3.8, 4) is 5.75 Å². The first kappa shape index (κ1) is 13.0. The van der Waals surface area contributed by atoms with Crippen molar-refractivity contribution in [2.45, 2.75) is 13.8 Å². The van der Waals surface area contributed by atoms with Crippen molar-refractivity contribution in [3.05, 3.63) is 34.9 Å². The summed E-state index contributed by atoms with van der Waals surface area (Å²) >= 11 is 0. The Morgan fingerprint density at radius 3 is 2.41 bits per heavy atom. The highest BCUT2D eigenvalue weighted by molar-refractivity contribution is 5.97. The van der Waals surface area contributed by atoms with Crippen molar-refractivity contribution >= 4 is 17.8 Å². The highest BCUT2D eigenvalue weighted by Gasteiger charge is 2.19. The lowest BCUT2D eigenvalue weighted by molar-refractivity contribution is 0.0692. The van der Waals surface area contributed by atoms with Crippen LogP contribution in [0.5, 0.6) is 5.75 Å². The molecular formula is C13H14O4. The number of aldehydes is 1. The van der Waals surface area contributed by atoms with Crippen molar-refractivity contribution < 1.29 is 19.4 Å². The Labute approximate surface area is 99.5 Å². The second-order valence-electron chi connectivity index (χ2n) is 3.75. The van der Waals surface area contributed by atoms with E-state index in [1.165, 1.54) is 13.2 Å². The molecule has 0 atom stereocenters. The quantitative estimate of drug-likeness (QED) is 0.813. The van der Waals surface area contributed by atoms with Crippen LogP contribution in [0.1, 0.15) is 38.8 Å². The van der Waals surface area contributed by atoms with E-state index in [2.05, 4.69) is 6.58 Å². The maximum absolute atomic E-state index is 11.1. The number of ether oxygens (including phenoxy) is 1. The Bertz CT molecular complexity index is 501. The van der Waals surface area contributed by atoms with Gasteiger partial charge in [-0.1, -0.05) is 12.2 Å². The van der Waals surface area contributed by atoms with Crippen LogP contribution in [0, 0.1) is 6.92 Å². The fourth-order valence-electron chi connectivity index (χ4n) is 1.74. The van der Waals surface area contributed by atoms with Gasteiger partial charge in [-0.2, -0.15) is 0 Å². The fourth-order valence-corrected chi connectivity index (χ4v) is 1.74. The largest absolute Gasteiger partial charge is 0.496 e. The summed E-state index contributed by atoms with van der Waals surface area (Å²) in [6.45, 7) is 7.11. The van der Waals surface area contributed by atoms with Gasteiger partial charge in [-0.15, -0.1) is 0 Å². The minimum atomic E-state index is -1.09. The summed E-state index contributed by atoms with van der Waals surface area (Å²) in [4.78, 5) is 22.2. The summed E-state index contributed by atoms with van der Waals surface area (Å²) in [5.41, 5.74) is 2.14. The second kappa shape index (κ2) is 4.82. The molecule has 0 aliphatic rings. The van der Waals surface area contributed by atoms with Gasteiger partial charge in [0.15, 0.2) is 6.29 Å². The Morgan fingerprint density at radius 2 is 2.06 bits per heavy atom. The third-order valence-electron chi connectivity index (χ3n) is 2.58. The van der Waals surface area contributed by atoms with Gasteiger partial charge in [0.1, 0.15) is 11.3 Å². The Morgan fingerprint density at radius 1 is 1.47 bits per heavy atom. The van der Waals surface area contributed by atoms with Crippen LogP contribution in [-0.4, -0.2) is 24.5 Å². The lowest BCUT2D eigenvalue weighted by Gasteiger charge is -2.14. The Hall–Kier alpha value is -2.10. The van der Waals surface area contributed by atoms with Crippen LogP contribution in [0.3, 0.4) is 0 Å². The van der Waals surface area contributed by atoms with Gasteiger partial charge in [0.05, 0.1) is 7.11 Å². The molecule has 0 amide bonds. The SMILES string of the molecule is C=C(C)c1cc(C(=O)O)c(OC)c(C)c1C=O. The molecule has 1 aromatic carbocycles. The molecule has 90 valence electrons. The van der Waals surface area contributed by atoms with Gasteiger partial charge in [-0.3, -0.25) is 4.79 Å². The topological polar surface area (TPSA) is 63.6 Å². The molecule has 4 heteroatoms. The van der Waals surface area contributed by atoms with Crippen LogP contribution in [0.15, 0.2) is 12.6 Å². The fraction of sp³-hybridized carbons (Fsp3) is 0.231. The smallest absolute Gasteiger partial charge is 0.339 e. The number of benzene rings is 1. The third kappa shape index (κ3) is 2.20. The first-order chi connectivity index (χ1) is 7.93. The summed E-state index contributed by atoms with van der Waals surface area (Å²) in [6.07, 6.45) is 0.688. The molecule has 1 rings (SSSR count). The number of hydrogen-bond acceptors (Lipinski definition) is 3. The first-order valence-electron chi connectivity index (χ1n) is 5.00. The minimum absolute atomic E-state index is 0.0357. The van der Waals surface area contributed by atoms with Crippen LogP contribution in [-0.2, 0) is 0 Å². The molecule has 1 N–H and O–H groups in total. The summed E-state index contributed by atoms with van der Waals surface area (Å²) in [5, 5.41) is 9.09. The van der Waals surface area contributed by atoms with E-state index < -0.39 is 5.97 Å². The van der Waals surface area contributed by atoms with E-state index in [0.717, 1.165) is 0 Å². The molecule has 0 aromatic heterocycles. The van der Waals surface area contributed by atoms with Crippen LogP contribution < -0.4 is 4.74 Å².